The normalized spacial score (nSPS) is 16.6. The van der Waals surface area contributed by atoms with E-state index < -0.39 is 18.1 Å². The Hall–Kier alpha value is -3.42. The van der Waals surface area contributed by atoms with Crippen LogP contribution in [-0.2, 0) is 9.53 Å². The standard InChI is InChI=1S/C19H17FN4O3/c1-12(25)22(2)17-11-24(19(26)27-17)14-5-6-16(15(20)10-14)23-9-7-13-4-3-8-21-18(13)23/h3-10,17H,11H2,1-2H3. The van der Waals surface area contributed by atoms with Gasteiger partial charge in [0.1, 0.15) is 11.5 Å². The van der Waals surface area contributed by atoms with E-state index in [0.29, 0.717) is 17.0 Å². The molecular formula is C19H17FN4O3. The summed E-state index contributed by atoms with van der Waals surface area (Å²) in [6, 6.07) is 10.1. The number of fused-ring (bicyclic) bond motifs is 1. The van der Waals surface area contributed by atoms with Crippen LogP contribution in [0.2, 0.25) is 0 Å². The first-order valence-corrected chi connectivity index (χ1v) is 8.39. The molecule has 2 amide bonds. The van der Waals surface area contributed by atoms with Crippen molar-refractivity contribution in [1.29, 1.82) is 0 Å². The third-order valence-corrected chi connectivity index (χ3v) is 4.68. The number of carbonyl (C=O) groups excluding carboxylic acids is 2. The topological polar surface area (TPSA) is 67.7 Å². The molecule has 1 atom stereocenters. The number of amides is 2. The number of hydrogen-bond donors (Lipinski definition) is 0. The number of aromatic nitrogens is 2. The van der Waals surface area contributed by atoms with E-state index in [1.54, 1.807) is 36.1 Å². The number of carbonyl (C=O) groups is 2. The Kier molecular flexibility index (Phi) is 4.02. The lowest BCUT2D eigenvalue weighted by Gasteiger charge is -2.20. The van der Waals surface area contributed by atoms with Crippen molar-refractivity contribution in [3.05, 3.63) is 54.6 Å². The van der Waals surface area contributed by atoms with Crippen molar-refractivity contribution in [3.63, 3.8) is 0 Å². The maximum Gasteiger partial charge on any atom is 0.416 e. The highest BCUT2D eigenvalue weighted by Gasteiger charge is 2.36. The molecule has 1 fully saturated rings. The number of ether oxygens (including phenoxy) is 1. The van der Waals surface area contributed by atoms with Gasteiger partial charge in [0.05, 0.1) is 17.9 Å². The van der Waals surface area contributed by atoms with Gasteiger partial charge in [-0.05, 0) is 36.4 Å². The molecule has 0 spiro atoms. The molecule has 8 heteroatoms. The quantitative estimate of drug-likeness (QED) is 0.713. The summed E-state index contributed by atoms with van der Waals surface area (Å²) in [7, 11) is 1.55. The van der Waals surface area contributed by atoms with Gasteiger partial charge in [-0.15, -0.1) is 0 Å². The lowest BCUT2D eigenvalue weighted by molar-refractivity contribution is -0.134. The second-order valence-corrected chi connectivity index (χ2v) is 6.32. The van der Waals surface area contributed by atoms with Crippen molar-refractivity contribution in [2.24, 2.45) is 0 Å². The zero-order valence-corrected chi connectivity index (χ0v) is 14.8. The summed E-state index contributed by atoms with van der Waals surface area (Å²) in [6.45, 7) is 1.53. The molecule has 1 saturated heterocycles. The summed E-state index contributed by atoms with van der Waals surface area (Å²) in [4.78, 5) is 30.5. The minimum atomic E-state index is -0.699. The van der Waals surface area contributed by atoms with E-state index in [1.807, 2.05) is 18.2 Å². The predicted molar refractivity (Wildman–Crippen MR) is 97.1 cm³/mol. The molecule has 0 aliphatic carbocycles. The van der Waals surface area contributed by atoms with Gasteiger partial charge >= 0.3 is 6.09 Å². The first-order valence-electron chi connectivity index (χ1n) is 8.39. The van der Waals surface area contributed by atoms with Crippen LogP contribution < -0.4 is 4.90 Å². The van der Waals surface area contributed by atoms with E-state index in [9.17, 15) is 14.0 Å². The van der Waals surface area contributed by atoms with Crippen LogP contribution in [0.4, 0.5) is 14.9 Å². The zero-order chi connectivity index (χ0) is 19.1. The molecule has 1 aliphatic rings. The Labute approximate surface area is 154 Å². The average molecular weight is 368 g/mol. The van der Waals surface area contributed by atoms with Gasteiger partial charge in [-0.1, -0.05) is 0 Å². The lowest BCUT2D eigenvalue weighted by Crippen LogP contribution is -2.38. The Morgan fingerprint density at radius 3 is 2.89 bits per heavy atom. The molecule has 27 heavy (non-hydrogen) atoms. The first kappa shape index (κ1) is 17.0. The van der Waals surface area contributed by atoms with Crippen molar-refractivity contribution < 1.29 is 18.7 Å². The van der Waals surface area contributed by atoms with E-state index in [0.717, 1.165) is 5.39 Å². The fourth-order valence-corrected chi connectivity index (χ4v) is 3.08. The molecule has 1 unspecified atom stereocenters. The summed E-state index contributed by atoms with van der Waals surface area (Å²) in [5.74, 6) is -0.713. The van der Waals surface area contributed by atoms with Crippen molar-refractivity contribution in [3.8, 4) is 5.69 Å². The SMILES string of the molecule is CC(=O)N(C)C1CN(c2ccc(-n3ccc4cccnc43)c(F)c2)C(=O)O1. The van der Waals surface area contributed by atoms with Gasteiger partial charge in [-0.2, -0.15) is 0 Å². The molecule has 7 nitrogen and oxygen atoms in total. The van der Waals surface area contributed by atoms with Crippen molar-refractivity contribution in [1.82, 2.24) is 14.5 Å². The number of halogens is 1. The molecule has 0 radical (unpaired) electrons. The van der Waals surface area contributed by atoms with Gasteiger partial charge < -0.3 is 9.64 Å². The molecule has 2 aromatic heterocycles. The Balaban J connectivity index is 1.64. The van der Waals surface area contributed by atoms with Crippen molar-refractivity contribution >= 4 is 28.7 Å². The summed E-state index contributed by atoms with van der Waals surface area (Å²) in [5.41, 5.74) is 1.34. The summed E-state index contributed by atoms with van der Waals surface area (Å²) < 4.78 is 21.7. The fraction of sp³-hybridized carbons (Fsp3) is 0.211. The predicted octanol–water partition coefficient (Wildman–Crippen LogP) is 2.93. The first-order chi connectivity index (χ1) is 13.0. The number of pyridine rings is 1. The van der Waals surface area contributed by atoms with Gasteiger partial charge in [-0.25, -0.2) is 14.2 Å². The van der Waals surface area contributed by atoms with E-state index in [1.165, 1.54) is 22.8 Å². The van der Waals surface area contributed by atoms with Crippen LogP contribution in [0.25, 0.3) is 16.7 Å². The van der Waals surface area contributed by atoms with Gasteiger partial charge in [0.2, 0.25) is 5.91 Å². The van der Waals surface area contributed by atoms with Gasteiger partial charge in [0.15, 0.2) is 6.23 Å². The second-order valence-electron chi connectivity index (χ2n) is 6.32. The molecule has 0 N–H and O–H groups in total. The maximum absolute atomic E-state index is 14.8. The highest BCUT2D eigenvalue weighted by molar-refractivity contribution is 5.90. The van der Waals surface area contributed by atoms with Crippen molar-refractivity contribution in [2.75, 3.05) is 18.5 Å². The smallest absolute Gasteiger partial charge is 0.416 e. The summed E-state index contributed by atoms with van der Waals surface area (Å²) in [6.07, 6.45) is 2.08. The van der Waals surface area contributed by atoms with Crippen LogP contribution in [0, 0.1) is 5.82 Å². The van der Waals surface area contributed by atoms with Crippen LogP contribution in [0.15, 0.2) is 48.8 Å². The molecule has 138 valence electrons. The van der Waals surface area contributed by atoms with Crippen LogP contribution in [-0.4, -0.2) is 46.3 Å². The number of benzene rings is 1. The van der Waals surface area contributed by atoms with Gasteiger partial charge in [0.25, 0.3) is 0 Å². The number of nitrogens with zero attached hydrogens (tertiary/aromatic N) is 4. The summed E-state index contributed by atoms with van der Waals surface area (Å²) in [5, 5.41) is 0.902. The third-order valence-electron chi connectivity index (χ3n) is 4.68. The number of likely N-dealkylation sites (N-methyl/N-ethyl adjacent to an activating group) is 1. The molecule has 1 aliphatic heterocycles. The van der Waals surface area contributed by atoms with Crippen molar-refractivity contribution in [2.45, 2.75) is 13.2 Å². The number of rotatable bonds is 3. The average Bonchev–Trinajstić information content (AvgIpc) is 3.24. The molecule has 3 heterocycles. The highest BCUT2D eigenvalue weighted by Crippen LogP contribution is 2.27. The van der Waals surface area contributed by atoms with Gasteiger partial charge in [-0.3, -0.25) is 14.3 Å². The monoisotopic (exact) mass is 368 g/mol. The second kappa shape index (κ2) is 6.39. The van der Waals surface area contributed by atoms with Gasteiger partial charge in [0, 0.05) is 31.8 Å². The third kappa shape index (κ3) is 2.88. The maximum atomic E-state index is 14.8. The largest absolute Gasteiger partial charge is 0.423 e. The van der Waals surface area contributed by atoms with Crippen LogP contribution in [0.1, 0.15) is 6.92 Å². The number of hydrogen-bond acceptors (Lipinski definition) is 4. The molecule has 1 aromatic carbocycles. The lowest BCUT2D eigenvalue weighted by atomic mass is 10.2. The molecule has 3 aromatic rings. The Morgan fingerprint density at radius 2 is 2.15 bits per heavy atom. The van der Waals surface area contributed by atoms with E-state index >= 15 is 0 Å². The Bertz CT molecular complexity index is 1050. The fourth-order valence-electron chi connectivity index (χ4n) is 3.08. The van der Waals surface area contributed by atoms with Crippen LogP contribution in [0.5, 0.6) is 0 Å². The van der Waals surface area contributed by atoms with Crippen LogP contribution >= 0.6 is 0 Å². The van der Waals surface area contributed by atoms with E-state index in [4.69, 9.17) is 4.74 Å². The molecule has 0 bridgehead atoms. The highest BCUT2D eigenvalue weighted by atomic mass is 19.1. The minimum absolute atomic E-state index is 0.141. The zero-order valence-electron chi connectivity index (χ0n) is 14.8. The molecule has 4 rings (SSSR count). The van der Waals surface area contributed by atoms with E-state index in [2.05, 4.69) is 4.98 Å². The number of cyclic esters (lactones) is 1. The number of anilines is 1. The Morgan fingerprint density at radius 1 is 1.33 bits per heavy atom. The molecular weight excluding hydrogens is 351 g/mol. The van der Waals surface area contributed by atoms with E-state index in [-0.39, 0.29) is 12.5 Å². The summed E-state index contributed by atoms with van der Waals surface area (Å²) >= 11 is 0. The molecule has 0 saturated carbocycles. The minimum Gasteiger partial charge on any atom is -0.423 e. The van der Waals surface area contributed by atoms with Crippen LogP contribution in [0.3, 0.4) is 0 Å².